The third kappa shape index (κ3) is 11.3. The van der Waals surface area contributed by atoms with Crippen molar-refractivity contribution >= 4 is 0 Å². The molecule has 0 bridgehead atoms. The highest BCUT2D eigenvalue weighted by atomic mass is 14.3. The second-order valence-corrected chi connectivity index (χ2v) is 8.13. The molecule has 22 heavy (non-hydrogen) atoms. The van der Waals surface area contributed by atoms with E-state index in [2.05, 4.69) is 41.2 Å². The molecule has 0 aliphatic rings. The molecular formula is C22H44. The minimum absolute atomic E-state index is 0.500. The molecule has 0 aliphatic heterocycles. The largest absolute Gasteiger partial charge is 0.0996 e. The molecule has 1 unspecified atom stereocenters. The number of rotatable bonds is 15. The van der Waals surface area contributed by atoms with Crippen LogP contribution in [-0.2, 0) is 0 Å². The van der Waals surface area contributed by atoms with Crippen LogP contribution in [0.4, 0.5) is 0 Å². The summed E-state index contributed by atoms with van der Waals surface area (Å²) in [6.07, 6.45) is 18.1. The number of unbranched alkanes of at least 4 members (excludes halogenated alkanes) is 8. The van der Waals surface area contributed by atoms with Crippen LogP contribution in [-0.4, -0.2) is 0 Å². The first-order valence-electron chi connectivity index (χ1n) is 10.1. The van der Waals surface area contributed by atoms with E-state index in [1.165, 1.54) is 89.0 Å². The van der Waals surface area contributed by atoms with Gasteiger partial charge < -0.3 is 0 Å². The summed E-state index contributed by atoms with van der Waals surface area (Å²) in [5, 5.41) is 0. The molecule has 0 radical (unpaired) electrons. The predicted molar refractivity (Wildman–Crippen MR) is 103 cm³/mol. The van der Waals surface area contributed by atoms with Crippen LogP contribution in [0.1, 0.15) is 118 Å². The summed E-state index contributed by atoms with van der Waals surface area (Å²) in [7, 11) is 0. The van der Waals surface area contributed by atoms with Crippen LogP contribution in [0.5, 0.6) is 0 Å². The summed E-state index contributed by atoms with van der Waals surface area (Å²) in [5.41, 5.74) is 1.96. The van der Waals surface area contributed by atoms with E-state index in [4.69, 9.17) is 0 Å². The Bertz CT molecular complexity index is 263. The van der Waals surface area contributed by atoms with Gasteiger partial charge in [0.15, 0.2) is 0 Å². The lowest BCUT2D eigenvalue weighted by Gasteiger charge is -2.32. The number of hydrogen-bond acceptors (Lipinski definition) is 0. The average molecular weight is 309 g/mol. The zero-order valence-corrected chi connectivity index (χ0v) is 16.5. The summed E-state index contributed by atoms with van der Waals surface area (Å²) in [6, 6.07) is 0. The molecule has 0 amide bonds. The molecule has 0 aromatic heterocycles. The average Bonchev–Trinajstić information content (AvgIpc) is 2.48. The van der Waals surface area contributed by atoms with Gasteiger partial charge in [-0.15, -0.1) is 0 Å². The van der Waals surface area contributed by atoms with Gasteiger partial charge in [0.2, 0.25) is 0 Å². The zero-order valence-electron chi connectivity index (χ0n) is 16.5. The fourth-order valence-electron chi connectivity index (χ4n) is 3.34. The minimum atomic E-state index is 0.500. The van der Waals surface area contributed by atoms with Crippen LogP contribution in [0, 0.1) is 11.3 Å². The van der Waals surface area contributed by atoms with Gasteiger partial charge in [-0.1, -0.05) is 111 Å². The van der Waals surface area contributed by atoms with E-state index < -0.39 is 0 Å². The maximum Gasteiger partial charge on any atom is -0.0263 e. The molecule has 0 rings (SSSR count). The van der Waals surface area contributed by atoms with Gasteiger partial charge >= 0.3 is 0 Å². The molecule has 0 fully saturated rings. The van der Waals surface area contributed by atoms with Gasteiger partial charge in [0.25, 0.3) is 0 Å². The summed E-state index contributed by atoms with van der Waals surface area (Å²) in [4.78, 5) is 0. The van der Waals surface area contributed by atoms with Crippen molar-refractivity contribution in [3.8, 4) is 0 Å². The lowest BCUT2D eigenvalue weighted by molar-refractivity contribution is 0.245. The van der Waals surface area contributed by atoms with Gasteiger partial charge in [-0.2, -0.15) is 0 Å². The molecule has 0 heteroatoms. The molecule has 0 heterocycles. The smallest absolute Gasteiger partial charge is 0.0263 e. The van der Waals surface area contributed by atoms with Crippen LogP contribution in [0.15, 0.2) is 12.2 Å². The quantitative estimate of drug-likeness (QED) is 0.211. The number of allylic oxidation sites excluding steroid dienone is 1. The number of hydrogen-bond donors (Lipinski definition) is 0. The predicted octanol–water partition coefficient (Wildman–Crippen LogP) is 8.32. The molecule has 0 saturated carbocycles. The monoisotopic (exact) mass is 308 g/mol. The minimum Gasteiger partial charge on any atom is -0.0996 e. The van der Waals surface area contributed by atoms with Gasteiger partial charge in [-0.05, 0) is 30.6 Å². The highest BCUT2D eigenvalue weighted by Crippen LogP contribution is 2.38. The third-order valence-corrected chi connectivity index (χ3v) is 5.24. The van der Waals surface area contributed by atoms with E-state index in [9.17, 15) is 0 Å². The Morgan fingerprint density at radius 3 is 1.73 bits per heavy atom. The first kappa shape index (κ1) is 21.7. The second kappa shape index (κ2) is 13.2. The summed E-state index contributed by atoms with van der Waals surface area (Å²) in [6.45, 7) is 16.0. The van der Waals surface area contributed by atoms with Crippen molar-refractivity contribution in [1.29, 1.82) is 0 Å². The maximum absolute atomic E-state index is 4.33. The Balaban J connectivity index is 4.00. The van der Waals surface area contributed by atoms with Gasteiger partial charge in [0.1, 0.15) is 0 Å². The lowest BCUT2D eigenvalue weighted by Crippen LogP contribution is -2.18. The van der Waals surface area contributed by atoms with Crippen molar-refractivity contribution in [3.63, 3.8) is 0 Å². The molecule has 1 atom stereocenters. The molecule has 0 nitrogen and oxygen atoms in total. The van der Waals surface area contributed by atoms with Crippen molar-refractivity contribution < 1.29 is 0 Å². The Labute approximate surface area is 142 Å². The van der Waals surface area contributed by atoms with E-state index in [1.54, 1.807) is 0 Å². The topological polar surface area (TPSA) is 0 Å². The van der Waals surface area contributed by atoms with Crippen LogP contribution >= 0.6 is 0 Å². The van der Waals surface area contributed by atoms with E-state index in [0.717, 1.165) is 0 Å². The lowest BCUT2D eigenvalue weighted by atomic mass is 9.74. The molecule has 0 aromatic rings. The first-order chi connectivity index (χ1) is 10.4. The Hall–Kier alpha value is -0.260. The van der Waals surface area contributed by atoms with Crippen molar-refractivity contribution in [1.82, 2.24) is 0 Å². The fraction of sp³-hybridized carbons (Fsp3) is 0.909. The van der Waals surface area contributed by atoms with E-state index in [0.29, 0.717) is 11.3 Å². The Kier molecular flexibility index (Phi) is 13.0. The standard InChI is InChI=1S/C22H44/c1-7-9-11-12-13-14-15-16-18-22(6,17-10-8-2)19-21(5)20(3)4/h20H,5,7-19H2,1-4,6H3. The Morgan fingerprint density at radius 1 is 0.773 bits per heavy atom. The van der Waals surface area contributed by atoms with Crippen molar-refractivity contribution in [3.05, 3.63) is 12.2 Å². The van der Waals surface area contributed by atoms with Crippen molar-refractivity contribution in [2.24, 2.45) is 11.3 Å². The SMILES string of the molecule is C=C(CC(C)(CCCC)CCCCCCCCCC)C(C)C. The van der Waals surface area contributed by atoms with Crippen molar-refractivity contribution in [2.45, 2.75) is 118 Å². The highest BCUT2D eigenvalue weighted by Gasteiger charge is 2.24. The zero-order chi connectivity index (χ0) is 16.8. The molecule has 0 aromatic carbocycles. The van der Waals surface area contributed by atoms with E-state index >= 15 is 0 Å². The van der Waals surface area contributed by atoms with Gasteiger partial charge in [0.05, 0.1) is 0 Å². The second-order valence-electron chi connectivity index (χ2n) is 8.13. The molecule has 0 saturated heterocycles. The van der Waals surface area contributed by atoms with Crippen molar-refractivity contribution in [2.75, 3.05) is 0 Å². The van der Waals surface area contributed by atoms with E-state index in [1.807, 2.05) is 0 Å². The molecule has 0 aliphatic carbocycles. The van der Waals surface area contributed by atoms with Crippen LogP contribution in [0.25, 0.3) is 0 Å². The van der Waals surface area contributed by atoms with Gasteiger partial charge in [0, 0.05) is 0 Å². The molecule has 0 spiro atoms. The summed E-state index contributed by atoms with van der Waals surface area (Å²) >= 11 is 0. The summed E-state index contributed by atoms with van der Waals surface area (Å²) in [5.74, 6) is 0.638. The fourth-order valence-corrected chi connectivity index (χ4v) is 3.34. The van der Waals surface area contributed by atoms with Crippen LogP contribution < -0.4 is 0 Å². The van der Waals surface area contributed by atoms with Gasteiger partial charge in [-0.3, -0.25) is 0 Å². The van der Waals surface area contributed by atoms with Gasteiger partial charge in [-0.25, -0.2) is 0 Å². The molecular weight excluding hydrogens is 264 g/mol. The highest BCUT2D eigenvalue weighted by molar-refractivity contribution is 5.02. The van der Waals surface area contributed by atoms with E-state index in [-0.39, 0.29) is 0 Å². The first-order valence-corrected chi connectivity index (χ1v) is 10.1. The Morgan fingerprint density at radius 2 is 1.23 bits per heavy atom. The molecule has 0 N–H and O–H groups in total. The molecule has 132 valence electrons. The van der Waals surface area contributed by atoms with Crippen LogP contribution in [0.2, 0.25) is 0 Å². The third-order valence-electron chi connectivity index (χ3n) is 5.24. The summed E-state index contributed by atoms with van der Waals surface area (Å²) < 4.78 is 0. The maximum atomic E-state index is 4.33. The van der Waals surface area contributed by atoms with Crippen LogP contribution in [0.3, 0.4) is 0 Å². The normalized spacial score (nSPS) is 14.3.